The Morgan fingerprint density at radius 2 is 2.00 bits per heavy atom. The van der Waals surface area contributed by atoms with Crippen molar-refractivity contribution in [1.29, 1.82) is 0 Å². The average Bonchev–Trinajstić information content (AvgIpc) is 2.73. The highest BCUT2D eigenvalue weighted by atomic mass is 16.3. The highest BCUT2D eigenvalue weighted by Crippen LogP contribution is 2.29. The number of hydrogen-bond acceptors (Lipinski definition) is 5. The zero-order chi connectivity index (χ0) is 13.4. The standard InChI is InChI=1S/C12H22N2O4/c1-3-9(16)13(2)7-6-14-5-4-8(15)10(14)12(18)11(7)17/h7-8,10-12,15,17-18H,3-6H2,1-2H3. The molecule has 0 aromatic rings. The van der Waals surface area contributed by atoms with Gasteiger partial charge in [-0.15, -0.1) is 0 Å². The smallest absolute Gasteiger partial charge is 0.222 e. The highest BCUT2D eigenvalue weighted by Gasteiger charge is 2.49. The van der Waals surface area contributed by atoms with Gasteiger partial charge in [0.1, 0.15) is 6.10 Å². The molecule has 18 heavy (non-hydrogen) atoms. The van der Waals surface area contributed by atoms with Crippen molar-refractivity contribution in [3.63, 3.8) is 0 Å². The van der Waals surface area contributed by atoms with E-state index in [-0.39, 0.29) is 5.91 Å². The summed E-state index contributed by atoms with van der Waals surface area (Å²) >= 11 is 0. The Kier molecular flexibility index (Phi) is 3.91. The summed E-state index contributed by atoms with van der Waals surface area (Å²) in [6, 6.07) is -0.810. The third-order valence-corrected chi connectivity index (χ3v) is 4.24. The summed E-state index contributed by atoms with van der Waals surface area (Å²) in [5.74, 6) is -0.0514. The number of fused-ring (bicyclic) bond motifs is 1. The predicted molar refractivity (Wildman–Crippen MR) is 64.8 cm³/mol. The molecular formula is C12H22N2O4. The van der Waals surface area contributed by atoms with Gasteiger partial charge in [0.15, 0.2) is 0 Å². The molecule has 0 aromatic heterocycles. The third-order valence-electron chi connectivity index (χ3n) is 4.24. The number of hydrogen-bond donors (Lipinski definition) is 3. The quantitative estimate of drug-likeness (QED) is 0.555. The van der Waals surface area contributed by atoms with Crippen LogP contribution in [0.5, 0.6) is 0 Å². The molecule has 5 atom stereocenters. The lowest BCUT2D eigenvalue weighted by molar-refractivity contribution is -0.148. The van der Waals surface area contributed by atoms with Crippen molar-refractivity contribution < 1.29 is 20.1 Å². The van der Waals surface area contributed by atoms with E-state index in [0.717, 1.165) is 0 Å². The minimum atomic E-state index is -1.01. The van der Waals surface area contributed by atoms with Crippen molar-refractivity contribution in [2.45, 2.75) is 50.2 Å². The molecule has 0 radical (unpaired) electrons. The van der Waals surface area contributed by atoms with Crippen LogP contribution in [0.1, 0.15) is 19.8 Å². The van der Waals surface area contributed by atoms with Crippen LogP contribution in [-0.2, 0) is 4.79 Å². The molecule has 0 saturated carbocycles. The highest BCUT2D eigenvalue weighted by molar-refractivity contribution is 5.76. The van der Waals surface area contributed by atoms with Crippen molar-refractivity contribution in [2.75, 3.05) is 20.1 Å². The maximum absolute atomic E-state index is 11.7. The molecule has 2 aliphatic heterocycles. The number of amides is 1. The average molecular weight is 258 g/mol. The van der Waals surface area contributed by atoms with E-state index in [1.807, 2.05) is 4.90 Å². The first-order valence-electron chi connectivity index (χ1n) is 6.51. The number of carbonyl (C=O) groups excluding carboxylic acids is 1. The largest absolute Gasteiger partial charge is 0.391 e. The second kappa shape index (κ2) is 5.13. The Morgan fingerprint density at radius 1 is 1.33 bits per heavy atom. The van der Waals surface area contributed by atoms with Gasteiger partial charge < -0.3 is 20.2 Å². The molecule has 2 saturated heterocycles. The minimum Gasteiger partial charge on any atom is -0.391 e. The van der Waals surface area contributed by atoms with Gasteiger partial charge in [-0.2, -0.15) is 0 Å². The van der Waals surface area contributed by atoms with Crippen molar-refractivity contribution in [2.24, 2.45) is 0 Å². The Bertz CT molecular complexity index is 325. The molecule has 2 fully saturated rings. The molecule has 2 aliphatic rings. The molecule has 5 unspecified atom stereocenters. The van der Waals surface area contributed by atoms with Gasteiger partial charge in [-0.05, 0) is 6.42 Å². The van der Waals surface area contributed by atoms with Crippen LogP contribution in [0.2, 0.25) is 0 Å². The Balaban J connectivity index is 2.13. The Labute approximate surface area is 107 Å². The third kappa shape index (κ3) is 2.14. The van der Waals surface area contributed by atoms with E-state index in [2.05, 4.69) is 0 Å². The van der Waals surface area contributed by atoms with Gasteiger partial charge in [0, 0.05) is 26.6 Å². The number of rotatable bonds is 2. The summed E-state index contributed by atoms with van der Waals surface area (Å²) < 4.78 is 0. The molecule has 6 heteroatoms. The number of piperidine rings is 1. The summed E-state index contributed by atoms with van der Waals surface area (Å²) in [5, 5.41) is 30.0. The molecule has 0 bridgehead atoms. The predicted octanol–water partition coefficient (Wildman–Crippen LogP) is -1.61. The topological polar surface area (TPSA) is 84.2 Å². The number of carbonyl (C=O) groups is 1. The molecule has 2 rings (SSSR count). The summed E-state index contributed by atoms with van der Waals surface area (Å²) in [4.78, 5) is 15.2. The van der Waals surface area contributed by atoms with Crippen LogP contribution in [-0.4, -0.2) is 81.6 Å². The van der Waals surface area contributed by atoms with Crippen LogP contribution in [0.3, 0.4) is 0 Å². The van der Waals surface area contributed by atoms with E-state index in [0.29, 0.717) is 25.9 Å². The van der Waals surface area contributed by atoms with Crippen LogP contribution in [0.15, 0.2) is 0 Å². The summed E-state index contributed by atoms with van der Waals surface area (Å²) in [5.41, 5.74) is 0. The van der Waals surface area contributed by atoms with Crippen LogP contribution in [0.4, 0.5) is 0 Å². The van der Waals surface area contributed by atoms with E-state index in [1.54, 1.807) is 14.0 Å². The molecule has 1 amide bonds. The first kappa shape index (κ1) is 13.7. The summed E-state index contributed by atoms with van der Waals surface area (Å²) in [7, 11) is 1.65. The van der Waals surface area contributed by atoms with Crippen LogP contribution in [0, 0.1) is 0 Å². The fourth-order valence-corrected chi connectivity index (χ4v) is 3.08. The van der Waals surface area contributed by atoms with E-state index < -0.39 is 30.4 Å². The monoisotopic (exact) mass is 258 g/mol. The molecule has 0 spiro atoms. The van der Waals surface area contributed by atoms with Crippen LogP contribution < -0.4 is 0 Å². The van der Waals surface area contributed by atoms with E-state index in [4.69, 9.17) is 0 Å². The lowest BCUT2D eigenvalue weighted by atomic mass is 9.90. The fourth-order valence-electron chi connectivity index (χ4n) is 3.08. The van der Waals surface area contributed by atoms with Gasteiger partial charge in [0.2, 0.25) is 5.91 Å². The number of aliphatic hydroxyl groups is 3. The van der Waals surface area contributed by atoms with Crippen molar-refractivity contribution in [3.05, 3.63) is 0 Å². The summed E-state index contributed by atoms with van der Waals surface area (Å²) in [6.07, 6.45) is -1.62. The summed E-state index contributed by atoms with van der Waals surface area (Å²) in [6.45, 7) is 2.97. The Morgan fingerprint density at radius 3 is 2.61 bits per heavy atom. The van der Waals surface area contributed by atoms with E-state index in [9.17, 15) is 20.1 Å². The van der Waals surface area contributed by atoms with E-state index in [1.165, 1.54) is 4.90 Å². The van der Waals surface area contributed by atoms with E-state index >= 15 is 0 Å². The maximum atomic E-state index is 11.7. The van der Waals surface area contributed by atoms with Gasteiger partial charge in [-0.1, -0.05) is 6.92 Å². The maximum Gasteiger partial charge on any atom is 0.222 e. The molecular weight excluding hydrogens is 236 g/mol. The first-order chi connectivity index (χ1) is 8.47. The lowest BCUT2D eigenvalue weighted by Crippen LogP contribution is -2.65. The number of nitrogens with zero attached hydrogens (tertiary/aromatic N) is 2. The molecule has 3 N–H and O–H groups in total. The number of likely N-dealkylation sites (N-methyl/N-ethyl adjacent to an activating group) is 1. The van der Waals surface area contributed by atoms with Gasteiger partial charge in [0.25, 0.3) is 0 Å². The molecule has 0 aliphatic carbocycles. The van der Waals surface area contributed by atoms with Crippen LogP contribution in [0.25, 0.3) is 0 Å². The van der Waals surface area contributed by atoms with Gasteiger partial charge in [-0.3, -0.25) is 9.69 Å². The zero-order valence-corrected chi connectivity index (χ0v) is 10.9. The van der Waals surface area contributed by atoms with Crippen molar-refractivity contribution in [1.82, 2.24) is 9.80 Å². The van der Waals surface area contributed by atoms with Crippen molar-refractivity contribution >= 4 is 5.91 Å². The first-order valence-corrected chi connectivity index (χ1v) is 6.51. The molecule has 104 valence electrons. The molecule has 6 nitrogen and oxygen atoms in total. The van der Waals surface area contributed by atoms with Crippen LogP contribution >= 0.6 is 0 Å². The fraction of sp³-hybridized carbons (Fsp3) is 0.917. The van der Waals surface area contributed by atoms with Crippen molar-refractivity contribution in [3.8, 4) is 0 Å². The molecule has 2 heterocycles. The lowest BCUT2D eigenvalue weighted by Gasteiger charge is -2.45. The Hall–Kier alpha value is -0.690. The molecule has 0 aromatic carbocycles. The normalized spacial score (nSPS) is 40.6. The van der Waals surface area contributed by atoms with Gasteiger partial charge in [0.05, 0.1) is 24.3 Å². The zero-order valence-electron chi connectivity index (χ0n) is 10.9. The van der Waals surface area contributed by atoms with Gasteiger partial charge in [-0.25, -0.2) is 0 Å². The second-order valence-electron chi connectivity index (χ2n) is 5.25. The SMILES string of the molecule is CCC(=O)N(C)C1CN2CCC(O)C2C(O)C1O. The minimum absolute atomic E-state index is 0.0514. The second-order valence-corrected chi connectivity index (χ2v) is 5.25. The van der Waals surface area contributed by atoms with Gasteiger partial charge >= 0.3 is 0 Å². The number of aliphatic hydroxyl groups excluding tert-OH is 3.